The van der Waals surface area contributed by atoms with Crippen LogP contribution in [0.2, 0.25) is 0 Å². The van der Waals surface area contributed by atoms with E-state index >= 15 is 0 Å². The van der Waals surface area contributed by atoms with E-state index in [-0.39, 0.29) is 11.8 Å². The van der Waals surface area contributed by atoms with Crippen molar-refractivity contribution in [2.75, 3.05) is 26.3 Å². The number of morpholine rings is 1. The van der Waals surface area contributed by atoms with E-state index in [1.807, 2.05) is 11.8 Å². The number of carbonyl (C=O) groups excluding carboxylic acids is 1. The smallest absolute Gasteiger partial charge is 0.231 e. The number of aliphatic imine (C=N–C) groups is 1. The third kappa shape index (κ3) is 2.94. The van der Waals surface area contributed by atoms with Crippen molar-refractivity contribution in [1.82, 2.24) is 10.2 Å². The van der Waals surface area contributed by atoms with Crippen LogP contribution in [-0.4, -0.2) is 43.3 Å². The molecule has 5 heteroatoms. The molecule has 0 aromatic rings. The summed E-state index contributed by atoms with van der Waals surface area (Å²) in [7, 11) is 0. The molecule has 0 aromatic heterocycles. The Kier molecular flexibility index (Phi) is 3.93. The first-order valence-corrected chi connectivity index (χ1v) is 5.80. The highest BCUT2D eigenvalue weighted by Gasteiger charge is 2.24. The lowest BCUT2D eigenvalue weighted by molar-refractivity contribution is -0.138. The summed E-state index contributed by atoms with van der Waals surface area (Å²) in [4.78, 5) is 18.1. The summed E-state index contributed by atoms with van der Waals surface area (Å²) in [5, 5.41) is 3.08. The van der Waals surface area contributed by atoms with Gasteiger partial charge in [-0.05, 0) is 13.0 Å². The van der Waals surface area contributed by atoms with Crippen molar-refractivity contribution in [3.8, 4) is 0 Å². The fourth-order valence-electron chi connectivity index (χ4n) is 1.83. The molecule has 0 aromatic carbocycles. The highest BCUT2D eigenvalue weighted by atomic mass is 16.5. The molecule has 2 aliphatic rings. The zero-order valence-corrected chi connectivity index (χ0v) is 9.93. The van der Waals surface area contributed by atoms with Gasteiger partial charge in [0.2, 0.25) is 5.91 Å². The Morgan fingerprint density at radius 2 is 2.29 bits per heavy atom. The molecule has 1 saturated heterocycles. The van der Waals surface area contributed by atoms with Crippen LogP contribution >= 0.6 is 0 Å². The number of hydrogen-bond acceptors (Lipinski definition) is 4. The lowest BCUT2D eigenvalue weighted by Crippen LogP contribution is -2.44. The summed E-state index contributed by atoms with van der Waals surface area (Å²) in [5.41, 5.74) is 0.825. The molecule has 1 atom stereocenters. The minimum absolute atomic E-state index is 0.123. The molecular formula is C12H17N3O2. The highest BCUT2D eigenvalue weighted by Crippen LogP contribution is 2.13. The number of amides is 1. The van der Waals surface area contributed by atoms with E-state index in [0.29, 0.717) is 26.3 Å². The average molecular weight is 235 g/mol. The second-order valence-corrected chi connectivity index (χ2v) is 4.05. The van der Waals surface area contributed by atoms with E-state index in [1.165, 1.54) is 0 Å². The Morgan fingerprint density at radius 1 is 1.53 bits per heavy atom. The van der Waals surface area contributed by atoms with Crippen LogP contribution in [0.4, 0.5) is 0 Å². The van der Waals surface area contributed by atoms with Gasteiger partial charge in [0, 0.05) is 37.4 Å². The number of hydrogen-bond donors (Lipinski definition) is 1. The number of allylic oxidation sites excluding steroid dienone is 1. The zero-order valence-electron chi connectivity index (χ0n) is 9.93. The van der Waals surface area contributed by atoms with Crippen LogP contribution < -0.4 is 5.32 Å². The first-order chi connectivity index (χ1) is 8.29. The van der Waals surface area contributed by atoms with Gasteiger partial charge in [-0.2, -0.15) is 0 Å². The molecule has 5 nitrogen and oxygen atoms in total. The third-order valence-corrected chi connectivity index (χ3v) is 2.89. The first-order valence-electron chi connectivity index (χ1n) is 5.80. The van der Waals surface area contributed by atoms with Crippen LogP contribution in [0.3, 0.4) is 0 Å². The second kappa shape index (κ2) is 5.63. The molecule has 17 heavy (non-hydrogen) atoms. The van der Waals surface area contributed by atoms with Gasteiger partial charge in [0.15, 0.2) is 0 Å². The van der Waals surface area contributed by atoms with Gasteiger partial charge in [0.05, 0.1) is 19.1 Å². The topological polar surface area (TPSA) is 53.9 Å². The Hall–Kier alpha value is -1.62. The number of carbonyl (C=O) groups is 1. The van der Waals surface area contributed by atoms with Gasteiger partial charge in [-0.3, -0.25) is 9.79 Å². The van der Waals surface area contributed by atoms with Crippen LogP contribution in [0.25, 0.3) is 0 Å². The molecule has 2 heterocycles. The summed E-state index contributed by atoms with van der Waals surface area (Å²) in [6.45, 7) is 4.50. The molecule has 1 N–H and O–H groups in total. The van der Waals surface area contributed by atoms with Crippen molar-refractivity contribution in [2.45, 2.75) is 6.92 Å². The molecule has 2 rings (SSSR count). The predicted octanol–water partition coefficient (Wildman–Crippen LogP) is 0.510. The van der Waals surface area contributed by atoms with Gasteiger partial charge in [0.1, 0.15) is 0 Å². The van der Waals surface area contributed by atoms with Crippen molar-refractivity contribution >= 4 is 12.1 Å². The molecule has 92 valence electrons. The maximum Gasteiger partial charge on any atom is 0.231 e. The molecular weight excluding hydrogens is 218 g/mol. The third-order valence-electron chi connectivity index (χ3n) is 2.89. The fraction of sp³-hybridized carbons (Fsp3) is 0.500. The number of ether oxygens (including phenoxy) is 1. The minimum Gasteiger partial charge on any atom is -0.378 e. The predicted molar refractivity (Wildman–Crippen MR) is 65.4 cm³/mol. The van der Waals surface area contributed by atoms with E-state index in [9.17, 15) is 4.79 Å². The molecule has 0 aliphatic carbocycles. The van der Waals surface area contributed by atoms with Gasteiger partial charge in [-0.1, -0.05) is 0 Å². The standard InChI is InChI=1S/C12H17N3O2/c1-10(11-9-13-3-2-4-14-11)12(16)15-5-7-17-8-6-15/h2-4,9-10,14H,5-8H2,1H3. The Morgan fingerprint density at radius 3 is 3.06 bits per heavy atom. The maximum atomic E-state index is 12.2. The number of rotatable bonds is 2. The molecule has 1 fully saturated rings. The van der Waals surface area contributed by atoms with Crippen molar-refractivity contribution in [3.05, 3.63) is 24.2 Å². The first kappa shape index (κ1) is 11.9. The van der Waals surface area contributed by atoms with Gasteiger partial charge in [-0.25, -0.2) is 0 Å². The highest BCUT2D eigenvalue weighted by molar-refractivity contribution is 5.81. The molecule has 0 bridgehead atoms. The van der Waals surface area contributed by atoms with Crippen LogP contribution in [0, 0.1) is 5.92 Å². The Bertz CT molecular complexity index is 368. The fourth-order valence-corrected chi connectivity index (χ4v) is 1.83. The average Bonchev–Trinajstić information content (AvgIpc) is 2.67. The van der Waals surface area contributed by atoms with E-state index in [2.05, 4.69) is 10.3 Å². The quantitative estimate of drug-likeness (QED) is 0.758. The normalized spacial score (nSPS) is 21.5. The number of nitrogens with zero attached hydrogens (tertiary/aromatic N) is 2. The van der Waals surface area contributed by atoms with E-state index in [1.54, 1.807) is 24.7 Å². The summed E-state index contributed by atoms with van der Waals surface area (Å²) in [5.74, 6) is -0.0782. The largest absolute Gasteiger partial charge is 0.378 e. The van der Waals surface area contributed by atoms with Crippen molar-refractivity contribution in [2.24, 2.45) is 10.9 Å². The minimum atomic E-state index is -0.201. The molecule has 2 aliphatic heterocycles. The number of nitrogens with one attached hydrogen (secondary N) is 1. The maximum absolute atomic E-state index is 12.2. The lowest BCUT2D eigenvalue weighted by Gasteiger charge is -2.29. The molecule has 1 amide bonds. The zero-order chi connectivity index (χ0) is 12.1. The van der Waals surface area contributed by atoms with E-state index < -0.39 is 0 Å². The van der Waals surface area contributed by atoms with Crippen LogP contribution in [-0.2, 0) is 9.53 Å². The summed E-state index contributed by atoms with van der Waals surface area (Å²) in [6.07, 6.45) is 6.97. The molecule has 0 radical (unpaired) electrons. The molecule has 1 unspecified atom stereocenters. The monoisotopic (exact) mass is 235 g/mol. The van der Waals surface area contributed by atoms with Crippen LogP contribution in [0.15, 0.2) is 29.2 Å². The Balaban J connectivity index is 2.00. The second-order valence-electron chi connectivity index (χ2n) is 4.05. The lowest BCUT2D eigenvalue weighted by atomic mass is 10.1. The van der Waals surface area contributed by atoms with Gasteiger partial charge in [-0.15, -0.1) is 0 Å². The van der Waals surface area contributed by atoms with Crippen molar-refractivity contribution < 1.29 is 9.53 Å². The molecule has 0 saturated carbocycles. The van der Waals surface area contributed by atoms with E-state index in [4.69, 9.17) is 4.74 Å². The van der Waals surface area contributed by atoms with Gasteiger partial charge < -0.3 is 15.0 Å². The summed E-state index contributed by atoms with van der Waals surface area (Å²) >= 11 is 0. The van der Waals surface area contributed by atoms with Gasteiger partial charge in [0.25, 0.3) is 0 Å². The van der Waals surface area contributed by atoms with Crippen molar-refractivity contribution in [3.63, 3.8) is 0 Å². The summed E-state index contributed by atoms with van der Waals surface area (Å²) < 4.78 is 5.24. The van der Waals surface area contributed by atoms with Gasteiger partial charge >= 0.3 is 0 Å². The Labute approximate surface area is 101 Å². The van der Waals surface area contributed by atoms with Crippen LogP contribution in [0.5, 0.6) is 0 Å². The van der Waals surface area contributed by atoms with Crippen molar-refractivity contribution in [1.29, 1.82) is 0 Å². The summed E-state index contributed by atoms with van der Waals surface area (Å²) in [6, 6.07) is 0. The SMILES string of the molecule is CC(C(=O)N1CCOCC1)C1=CN=CC=CN1. The molecule has 0 spiro atoms. The van der Waals surface area contributed by atoms with Crippen LogP contribution in [0.1, 0.15) is 6.92 Å². The van der Waals surface area contributed by atoms with E-state index in [0.717, 1.165) is 5.70 Å².